The van der Waals surface area contributed by atoms with Crippen LogP contribution < -0.4 is 15.4 Å². The van der Waals surface area contributed by atoms with Crippen LogP contribution in [0.1, 0.15) is 34.0 Å². The van der Waals surface area contributed by atoms with Gasteiger partial charge in [-0.2, -0.15) is 0 Å². The average Bonchev–Trinajstić information content (AvgIpc) is 2.71. The summed E-state index contributed by atoms with van der Waals surface area (Å²) in [7, 11) is -3.79. The first-order valence-corrected chi connectivity index (χ1v) is 11.4. The van der Waals surface area contributed by atoms with Gasteiger partial charge in [0.1, 0.15) is 0 Å². The number of ketones is 1. The Morgan fingerprint density at radius 3 is 1.97 bits per heavy atom. The maximum absolute atomic E-state index is 12.8. The van der Waals surface area contributed by atoms with Gasteiger partial charge in [-0.3, -0.25) is 9.52 Å². The molecule has 32 heavy (non-hydrogen) atoms. The van der Waals surface area contributed by atoms with E-state index in [4.69, 9.17) is 0 Å². The molecule has 3 rings (SSSR count). The van der Waals surface area contributed by atoms with Gasteiger partial charge in [-0.1, -0.05) is 29.8 Å². The van der Waals surface area contributed by atoms with Crippen molar-refractivity contribution in [1.82, 2.24) is 0 Å². The van der Waals surface area contributed by atoms with E-state index >= 15 is 0 Å². The molecule has 0 saturated carbocycles. The number of hydrogen-bond acceptors (Lipinski definition) is 4. The normalized spacial score (nSPS) is 11.0. The zero-order chi connectivity index (χ0) is 23.5. The lowest BCUT2D eigenvalue weighted by Gasteiger charge is -2.15. The van der Waals surface area contributed by atoms with E-state index in [1.807, 2.05) is 32.9 Å². The van der Waals surface area contributed by atoms with Crippen molar-refractivity contribution < 1.29 is 18.0 Å². The zero-order valence-electron chi connectivity index (χ0n) is 18.3. The first kappa shape index (κ1) is 23.0. The minimum atomic E-state index is -3.79. The second-order valence-electron chi connectivity index (χ2n) is 7.62. The molecule has 2 amide bonds. The number of sulfonamides is 1. The molecule has 3 aromatic rings. The van der Waals surface area contributed by atoms with Gasteiger partial charge in [-0.25, -0.2) is 13.2 Å². The highest BCUT2D eigenvalue weighted by Gasteiger charge is 2.17. The van der Waals surface area contributed by atoms with Crippen molar-refractivity contribution in [3.8, 4) is 0 Å². The summed E-state index contributed by atoms with van der Waals surface area (Å²) in [5.74, 6) is -0.101. The fourth-order valence-electron chi connectivity index (χ4n) is 3.36. The van der Waals surface area contributed by atoms with Gasteiger partial charge < -0.3 is 10.6 Å². The number of nitrogens with one attached hydrogen (secondary N) is 3. The molecule has 0 saturated heterocycles. The summed E-state index contributed by atoms with van der Waals surface area (Å²) in [4.78, 5) is 23.8. The Morgan fingerprint density at radius 2 is 1.38 bits per heavy atom. The second-order valence-corrected chi connectivity index (χ2v) is 9.30. The first-order valence-electron chi connectivity index (χ1n) is 9.95. The van der Waals surface area contributed by atoms with E-state index in [9.17, 15) is 18.0 Å². The maximum atomic E-state index is 12.8. The largest absolute Gasteiger partial charge is 0.323 e. The van der Waals surface area contributed by atoms with Gasteiger partial charge in [0.25, 0.3) is 10.0 Å². The third-order valence-corrected chi connectivity index (χ3v) is 6.23. The van der Waals surface area contributed by atoms with Crippen LogP contribution in [-0.2, 0) is 10.0 Å². The molecule has 0 radical (unpaired) electrons. The average molecular weight is 452 g/mol. The molecule has 3 aromatic carbocycles. The molecule has 0 spiro atoms. The van der Waals surface area contributed by atoms with Gasteiger partial charge in [-0.15, -0.1) is 0 Å². The Bertz CT molecular complexity index is 1260. The standard InChI is InChI=1S/C24H25N3O4S/c1-15-12-16(2)23(17(3)13-15)27-32(30,31)22-10-8-20(9-11-22)25-24(29)26-21-7-5-6-19(14-21)18(4)28/h5-14,27H,1-4H3,(H2,25,26,29). The highest BCUT2D eigenvalue weighted by Crippen LogP contribution is 2.25. The number of amides is 2. The number of benzene rings is 3. The fourth-order valence-corrected chi connectivity index (χ4v) is 4.56. The lowest BCUT2D eigenvalue weighted by Crippen LogP contribution is -2.20. The van der Waals surface area contributed by atoms with E-state index in [0.29, 0.717) is 22.6 Å². The molecule has 0 bridgehead atoms. The lowest BCUT2D eigenvalue weighted by atomic mass is 10.1. The summed E-state index contributed by atoms with van der Waals surface area (Å²) in [5, 5.41) is 5.29. The number of Topliss-reactive ketones (excluding diaryl/α,β-unsaturated/α-hetero) is 1. The van der Waals surface area contributed by atoms with Crippen molar-refractivity contribution in [2.75, 3.05) is 15.4 Å². The van der Waals surface area contributed by atoms with Crippen LogP contribution in [-0.4, -0.2) is 20.2 Å². The summed E-state index contributed by atoms with van der Waals surface area (Å²) in [6.45, 7) is 7.12. The number of carbonyl (C=O) groups is 2. The molecule has 0 aliphatic rings. The second kappa shape index (κ2) is 9.23. The SMILES string of the molecule is CC(=O)c1cccc(NC(=O)Nc2ccc(S(=O)(=O)Nc3c(C)cc(C)cc3C)cc2)c1. The molecule has 8 heteroatoms. The Morgan fingerprint density at radius 1 is 0.781 bits per heavy atom. The maximum Gasteiger partial charge on any atom is 0.323 e. The summed E-state index contributed by atoms with van der Waals surface area (Å²) in [5.41, 5.74) is 4.69. The topological polar surface area (TPSA) is 104 Å². The van der Waals surface area contributed by atoms with Crippen LogP contribution >= 0.6 is 0 Å². The molecule has 0 aromatic heterocycles. The van der Waals surface area contributed by atoms with E-state index in [0.717, 1.165) is 16.7 Å². The van der Waals surface area contributed by atoms with Crippen molar-refractivity contribution in [3.05, 3.63) is 82.9 Å². The summed E-state index contributed by atoms with van der Waals surface area (Å²) in [6, 6.07) is 15.8. The minimum Gasteiger partial charge on any atom is -0.308 e. The third-order valence-electron chi connectivity index (χ3n) is 4.86. The van der Waals surface area contributed by atoms with E-state index in [1.54, 1.807) is 24.3 Å². The molecule has 0 unspecified atom stereocenters. The molecule has 0 fully saturated rings. The van der Waals surface area contributed by atoms with Crippen LogP contribution in [0.4, 0.5) is 21.9 Å². The molecular weight excluding hydrogens is 426 g/mol. The molecule has 0 heterocycles. The first-order chi connectivity index (χ1) is 15.0. The Labute approximate surface area is 187 Å². The quantitative estimate of drug-likeness (QED) is 0.445. The van der Waals surface area contributed by atoms with Gasteiger partial charge in [-0.05, 0) is 75.2 Å². The van der Waals surface area contributed by atoms with Crippen LogP contribution in [0.15, 0.2) is 65.6 Å². The monoisotopic (exact) mass is 451 g/mol. The molecule has 3 N–H and O–H groups in total. The molecule has 0 aliphatic heterocycles. The van der Waals surface area contributed by atoms with Crippen molar-refractivity contribution in [2.24, 2.45) is 0 Å². The number of hydrogen-bond donors (Lipinski definition) is 3. The highest BCUT2D eigenvalue weighted by atomic mass is 32.2. The highest BCUT2D eigenvalue weighted by molar-refractivity contribution is 7.92. The minimum absolute atomic E-state index is 0.0805. The van der Waals surface area contributed by atoms with Gasteiger partial charge in [0.05, 0.1) is 10.6 Å². The van der Waals surface area contributed by atoms with Gasteiger partial charge in [0.15, 0.2) is 5.78 Å². The molecule has 0 atom stereocenters. The van der Waals surface area contributed by atoms with Crippen LogP contribution in [0, 0.1) is 20.8 Å². The van der Waals surface area contributed by atoms with E-state index in [2.05, 4.69) is 15.4 Å². The third kappa shape index (κ3) is 5.53. The van der Waals surface area contributed by atoms with E-state index < -0.39 is 16.1 Å². The van der Waals surface area contributed by atoms with E-state index in [-0.39, 0.29) is 10.7 Å². The molecule has 7 nitrogen and oxygen atoms in total. The van der Waals surface area contributed by atoms with Crippen molar-refractivity contribution in [3.63, 3.8) is 0 Å². The number of urea groups is 1. The van der Waals surface area contributed by atoms with Gasteiger partial charge in [0, 0.05) is 16.9 Å². The smallest absolute Gasteiger partial charge is 0.308 e. The van der Waals surface area contributed by atoms with Crippen molar-refractivity contribution >= 4 is 38.9 Å². The number of rotatable bonds is 6. The Hall–Kier alpha value is -3.65. The van der Waals surface area contributed by atoms with Crippen LogP contribution in [0.25, 0.3) is 0 Å². The molecular formula is C24H25N3O4S. The molecule has 166 valence electrons. The zero-order valence-corrected chi connectivity index (χ0v) is 19.1. The van der Waals surface area contributed by atoms with Crippen molar-refractivity contribution in [1.29, 1.82) is 0 Å². The predicted octanol–water partition coefficient (Wildman–Crippen LogP) is 5.26. The fraction of sp³-hybridized carbons (Fsp3) is 0.167. The number of anilines is 3. The van der Waals surface area contributed by atoms with E-state index in [1.165, 1.54) is 31.2 Å². The number of carbonyl (C=O) groups excluding carboxylic acids is 2. The van der Waals surface area contributed by atoms with Crippen LogP contribution in [0.3, 0.4) is 0 Å². The predicted molar refractivity (Wildman–Crippen MR) is 127 cm³/mol. The summed E-state index contributed by atoms with van der Waals surface area (Å²) < 4.78 is 28.3. The summed E-state index contributed by atoms with van der Waals surface area (Å²) in [6.07, 6.45) is 0. The van der Waals surface area contributed by atoms with Gasteiger partial charge >= 0.3 is 6.03 Å². The lowest BCUT2D eigenvalue weighted by molar-refractivity contribution is 0.101. The number of aryl methyl sites for hydroxylation is 3. The Balaban J connectivity index is 1.70. The van der Waals surface area contributed by atoms with Crippen LogP contribution in [0.2, 0.25) is 0 Å². The van der Waals surface area contributed by atoms with Crippen molar-refractivity contribution in [2.45, 2.75) is 32.6 Å². The molecule has 0 aliphatic carbocycles. The summed E-state index contributed by atoms with van der Waals surface area (Å²) >= 11 is 0. The van der Waals surface area contributed by atoms with Crippen LogP contribution in [0.5, 0.6) is 0 Å². The Kier molecular flexibility index (Phi) is 6.64. The van der Waals surface area contributed by atoms with Gasteiger partial charge in [0.2, 0.25) is 0 Å².